The van der Waals surface area contributed by atoms with Gasteiger partial charge in [-0.1, -0.05) is 6.07 Å². The molecule has 0 aliphatic carbocycles. The van der Waals surface area contributed by atoms with Gasteiger partial charge < -0.3 is 16.4 Å². The molecule has 4 N–H and O–H groups in total. The molecule has 0 spiro atoms. The summed E-state index contributed by atoms with van der Waals surface area (Å²) in [5, 5.41) is 5.90. The molecular weight excluding hydrogens is 204 g/mol. The highest BCUT2D eigenvalue weighted by Crippen LogP contribution is 2.23. The van der Waals surface area contributed by atoms with E-state index in [1.54, 1.807) is 13.2 Å². The lowest BCUT2D eigenvalue weighted by molar-refractivity contribution is 1.15. The molecule has 2 heterocycles. The van der Waals surface area contributed by atoms with Crippen molar-refractivity contribution >= 4 is 23.1 Å². The van der Waals surface area contributed by atoms with Crippen molar-refractivity contribution in [3.05, 3.63) is 30.7 Å². The summed E-state index contributed by atoms with van der Waals surface area (Å²) in [5.74, 6) is 1.82. The Bertz CT molecular complexity index is 470. The van der Waals surface area contributed by atoms with Crippen molar-refractivity contribution in [2.24, 2.45) is 0 Å². The third kappa shape index (κ3) is 2.00. The number of nitrogens with one attached hydrogen (secondary N) is 2. The van der Waals surface area contributed by atoms with E-state index in [0.717, 1.165) is 0 Å². The maximum absolute atomic E-state index is 5.86. The lowest BCUT2D eigenvalue weighted by Crippen LogP contribution is -2.05. The van der Waals surface area contributed by atoms with Gasteiger partial charge in [0.25, 0.3) is 0 Å². The Morgan fingerprint density at radius 2 is 1.94 bits per heavy atom. The van der Waals surface area contributed by atoms with Gasteiger partial charge in [-0.25, -0.2) is 15.0 Å². The standard InChI is InChI=1S/C10H12N6/c1-12-9-8(11)10(15-6-14-9)16-7-4-2-3-5-13-7/h2-6H,11H2,1H3,(H2,12,13,14,15,16). The first-order chi connectivity index (χ1) is 7.81. The minimum Gasteiger partial charge on any atom is -0.393 e. The Morgan fingerprint density at radius 3 is 2.62 bits per heavy atom. The van der Waals surface area contributed by atoms with Crippen molar-refractivity contribution in [2.45, 2.75) is 0 Å². The summed E-state index contributed by atoms with van der Waals surface area (Å²) in [6, 6.07) is 5.56. The lowest BCUT2D eigenvalue weighted by atomic mass is 10.4. The van der Waals surface area contributed by atoms with Gasteiger partial charge in [0.2, 0.25) is 0 Å². The Labute approximate surface area is 93.0 Å². The second kappa shape index (κ2) is 4.43. The average molecular weight is 216 g/mol. The van der Waals surface area contributed by atoms with E-state index in [1.165, 1.54) is 6.33 Å². The van der Waals surface area contributed by atoms with E-state index in [-0.39, 0.29) is 0 Å². The highest BCUT2D eigenvalue weighted by Gasteiger charge is 2.06. The lowest BCUT2D eigenvalue weighted by Gasteiger charge is -2.09. The number of nitrogens with two attached hydrogens (primary N) is 1. The van der Waals surface area contributed by atoms with Crippen LogP contribution in [-0.4, -0.2) is 22.0 Å². The van der Waals surface area contributed by atoms with Crippen LogP contribution in [0.1, 0.15) is 0 Å². The molecule has 6 heteroatoms. The van der Waals surface area contributed by atoms with Gasteiger partial charge in [0, 0.05) is 13.2 Å². The molecular formula is C10H12N6. The first kappa shape index (κ1) is 10.2. The van der Waals surface area contributed by atoms with Gasteiger partial charge in [-0.2, -0.15) is 0 Å². The summed E-state index contributed by atoms with van der Waals surface area (Å²) >= 11 is 0. The molecule has 2 aromatic heterocycles. The first-order valence-electron chi connectivity index (χ1n) is 4.77. The monoisotopic (exact) mass is 216 g/mol. The van der Waals surface area contributed by atoms with Crippen molar-refractivity contribution < 1.29 is 0 Å². The average Bonchev–Trinajstić information content (AvgIpc) is 2.33. The molecule has 0 saturated heterocycles. The van der Waals surface area contributed by atoms with E-state index in [9.17, 15) is 0 Å². The Hall–Kier alpha value is -2.37. The molecule has 0 aliphatic rings. The molecule has 82 valence electrons. The van der Waals surface area contributed by atoms with Crippen LogP contribution >= 0.6 is 0 Å². The van der Waals surface area contributed by atoms with Gasteiger partial charge in [0.05, 0.1) is 0 Å². The number of hydrogen-bond donors (Lipinski definition) is 3. The fourth-order valence-electron chi connectivity index (χ4n) is 1.25. The van der Waals surface area contributed by atoms with Gasteiger partial charge in [-0.3, -0.25) is 0 Å². The van der Waals surface area contributed by atoms with Gasteiger partial charge in [-0.05, 0) is 12.1 Å². The van der Waals surface area contributed by atoms with Crippen molar-refractivity contribution in [1.29, 1.82) is 0 Å². The van der Waals surface area contributed by atoms with Crippen LogP contribution in [0.4, 0.5) is 23.1 Å². The zero-order chi connectivity index (χ0) is 11.4. The molecule has 0 aliphatic heterocycles. The third-order valence-electron chi connectivity index (χ3n) is 2.03. The van der Waals surface area contributed by atoms with Crippen LogP contribution < -0.4 is 16.4 Å². The fourth-order valence-corrected chi connectivity index (χ4v) is 1.25. The molecule has 0 saturated carbocycles. The van der Waals surface area contributed by atoms with Crippen molar-refractivity contribution in [1.82, 2.24) is 15.0 Å². The van der Waals surface area contributed by atoms with Crippen molar-refractivity contribution in [2.75, 3.05) is 23.4 Å². The van der Waals surface area contributed by atoms with Crippen molar-refractivity contribution in [3.63, 3.8) is 0 Å². The number of nitrogens with zero attached hydrogens (tertiary/aromatic N) is 3. The van der Waals surface area contributed by atoms with E-state index in [0.29, 0.717) is 23.1 Å². The van der Waals surface area contributed by atoms with Gasteiger partial charge in [0.15, 0.2) is 11.6 Å². The smallest absolute Gasteiger partial charge is 0.160 e. The van der Waals surface area contributed by atoms with Crippen LogP contribution in [-0.2, 0) is 0 Å². The van der Waals surface area contributed by atoms with Gasteiger partial charge in [-0.15, -0.1) is 0 Å². The van der Waals surface area contributed by atoms with Crippen LogP contribution in [0, 0.1) is 0 Å². The number of anilines is 4. The van der Waals surface area contributed by atoms with E-state index < -0.39 is 0 Å². The molecule has 0 bridgehead atoms. The van der Waals surface area contributed by atoms with Crippen LogP contribution in [0.5, 0.6) is 0 Å². The molecule has 0 fully saturated rings. The molecule has 2 aromatic rings. The zero-order valence-corrected chi connectivity index (χ0v) is 8.81. The fraction of sp³-hybridized carbons (Fsp3) is 0.100. The minimum absolute atomic E-state index is 0.468. The van der Waals surface area contributed by atoms with E-state index in [2.05, 4.69) is 25.6 Å². The number of aromatic nitrogens is 3. The molecule has 0 unspecified atom stereocenters. The molecule has 0 aromatic carbocycles. The minimum atomic E-state index is 0.468. The summed E-state index contributed by atoms with van der Waals surface area (Å²) in [4.78, 5) is 12.2. The second-order valence-corrected chi connectivity index (χ2v) is 3.07. The normalized spacial score (nSPS) is 9.81. The predicted octanol–water partition coefficient (Wildman–Crippen LogP) is 1.24. The summed E-state index contributed by atoms with van der Waals surface area (Å²) in [6.07, 6.45) is 3.13. The van der Waals surface area contributed by atoms with Crippen molar-refractivity contribution in [3.8, 4) is 0 Å². The van der Waals surface area contributed by atoms with Crippen LogP contribution in [0.15, 0.2) is 30.7 Å². The molecule has 2 rings (SSSR count). The molecule has 0 amide bonds. The maximum Gasteiger partial charge on any atom is 0.160 e. The van der Waals surface area contributed by atoms with Crippen LogP contribution in [0.3, 0.4) is 0 Å². The highest BCUT2D eigenvalue weighted by atomic mass is 15.1. The van der Waals surface area contributed by atoms with Gasteiger partial charge >= 0.3 is 0 Å². The Morgan fingerprint density at radius 1 is 1.12 bits per heavy atom. The number of nitrogen functional groups attached to an aromatic ring is 1. The van der Waals surface area contributed by atoms with E-state index in [4.69, 9.17) is 5.73 Å². The Balaban J connectivity index is 2.28. The molecule has 16 heavy (non-hydrogen) atoms. The maximum atomic E-state index is 5.86. The summed E-state index contributed by atoms with van der Waals surface area (Å²) in [7, 11) is 1.75. The summed E-state index contributed by atoms with van der Waals surface area (Å²) in [5.41, 5.74) is 6.33. The van der Waals surface area contributed by atoms with Gasteiger partial charge in [0.1, 0.15) is 17.8 Å². The summed E-state index contributed by atoms with van der Waals surface area (Å²) in [6.45, 7) is 0. The molecule has 0 atom stereocenters. The number of rotatable bonds is 3. The van der Waals surface area contributed by atoms with E-state index in [1.807, 2.05) is 18.2 Å². The second-order valence-electron chi connectivity index (χ2n) is 3.07. The number of pyridine rings is 1. The largest absolute Gasteiger partial charge is 0.393 e. The number of hydrogen-bond acceptors (Lipinski definition) is 6. The SMILES string of the molecule is CNc1ncnc(Nc2ccccn2)c1N. The molecule has 0 radical (unpaired) electrons. The zero-order valence-electron chi connectivity index (χ0n) is 8.81. The first-order valence-corrected chi connectivity index (χ1v) is 4.77. The quantitative estimate of drug-likeness (QED) is 0.715. The van der Waals surface area contributed by atoms with Crippen LogP contribution in [0.2, 0.25) is 0 Å². The predicted molar refractivity (Wildman–Crippen MR) is 63.5 cm³/mol. The third-order valence-corrected chi connectivity index (χ3v) is 2.03. The highest BCUT2D eigenvalue weighted by molar-refractivity contribution is 5.76. The topological polar surface area (TPSA) is 88.8 Å². The van der Waals surface area contributed by atoms with Crippen LogP contribution in [0.25, 0.3) is 0 Å². The molecule has 6 nitrogen and oxygen atoms in total. The summed E-state index contributed by atoms with van der Waals surface area (Å²) < 4.78 is 0. The van der Waals surface area contributed by atoms with E-state index >= 15 is 0 Å². The Kier molecular flexibility index (Phi) is 2.81.